The number of piperazine rings is 1. The number of para-hydroxylation sites is 1. The zero-order valence-electron chi connectivity index (χ0n) is 15.6. The molecule has 0 radical (unpaired) electrons. The van der Waals surface area contributed by atoms with Crippen LogP contribution in [-0.4, -0.2) is 50.1 Å². The third kappa shape index (κ3) is 3.61. The summed E-state index contributed by atoms with van der Waals surface area (Å²) in [6, 6.07) is 14.1. The molecule has 2 saturated heterocycles. The Morgan fingerprint density at radius 3 is 2.36 bits per heavy atom. The predicted molar refractivity (Wildman–Crippen MR) is 112 cm³/mol. The molecule has 144 valence electrons. The quantitative estimate of drug-likeness (QED) is 0.639. The number of anilines is 2. The summed E-state index contributed by atoms with van der Waals surface area (Å²) in [5.41, 5.74) is 2.73. The number of hydrogen-bond acceptors (Lipinski definition) is 4. The molecule has 3 amide bonds. The molecule has 7 heteroatoms. The van der Waals surface area contributed by atoms with Crippen LogP contribution in [0.1, 0.15) is 5.56 Å². The number of hydrogen-bond donors (Lipinski definition) is 1. The molecule has 0 saturated carbocycles. The van der Waals surface area contributed by atoms with Crippen molar-refractivity contribution in [1.29, 1.82) is 0 Å². The number of rotatable bonds is 3. The molecule has 0 unspecified atom stereocenters. The second kappa shape index (κ2) is 7.66. The molecule has 0 aromatic heterocycles. The van der Waals surface area contributed by atoms with Gasteiger partial charge in [0.15, 0.2) is 0 Å². The Hall–Kier alpha value is -2.83. The number of halogens is 1. The fraction of sp³-hybridized carbons (Fsp3) is 0.238. The topological polar surface area (TPSA) is 55.9 Å². The van der Waals surface area contributed by atoms with Crippen LogP contribution in [0.4, 0.5) is 16.2 Å². The first-order valence-corrected chi connectivity index (χ1v) is 9.56. The van der Waals surface area contributed by atoms with Crippen molar-refractivity contribution in [3.05, 3.63) is 64.8 Å². The molecule has 28 heavy (non-hydrogen) atoms. The number of likely N-dealkylation sites (N-methyl/N-ethyl adjacent to an activating group) is 1. The lowest BCUT2D eigenvalue weighted by atomic mass is 10.1. The molecular formula is C21H21ClN4O2. The van der Waals surface area contributed by atoms with E-state index in [9.17, 15) is 9.59 Å². The molecule has 2 aromatic rings. The van der Waals surface area contributed by atoms with Gasteiger partial charge in [0.05, 0.1) is 5.69 Å². The Balaban J connectivity index is 1.62. The van der Waals surface area contributed by atoms with E-state index in [0.717, 1.165) is 42.3 Å². The highest BCUT2D eigenvalue weighted by molar-refractivity contribution is 6.31. The van der Waals surface area contributed by atoms with E-state index in [1.54, 1.807) is 30.3 Å². The van der Waals surface area contributed by atoms with Gasteiger partial charge >= 0.3 is 6.03 Å². The Morgan fingerprint density at radius 1 is 0.964 bits per heavy atom. The average Bonchev–Trinajstić information content (AvgIpc) is 2.97. The van der Waals surface area contributed by atoms with Gasteiger partial charge in [-0.15, -0.1) is 0 Å². The average molecular weight is 397 g/mol. The van der Waals surface area contributed by atoms with Crippen LogP contribution >= 0.6 is 11.6 Å². The van der Waals surface area contributed by atoms with Crippen molar-refractivity contribution in [3.8, 4) is 0 Å². The van der Waals surface area contributed by atoms with Gasteiger partial charge in [-0.05, 0) is 43.5 Å². The Morgan fingerprint density at radius 2 is 1.64 bits per heavy atom. The second-order valence-electron chi connectivity index (χ2n) is 6.95. The number of carbonyl (C=O) groups is 2. The van der Waals surface area contributed by atoms with E-state index in [2.05, 4.69) is 28.2 Å². The Labute approximate surface area is 169 Å². The van der Waals surface area contributed by atoms with Gasteiger partial charge < -0.3 is 15.1 Å². The van der Waals surface area contributed by atoms with Crippen LogP contribution in [0.15, 0.2) is 54.2 Å². The van der Waals surface area contributed by atoms with E-state index < -0.39 is 6.03 Å². The first kappa shape index (κ1) is 18.5. The van der Waals surface area contributed by atoms with Crippen molar-refractivity contribution in [3.63, 3.8) is 0 Å². The maximum Gasteiger partial charge on any atom is 0.333 e. The third-order valence-electron chi connectivity index (χ3n) is 5.04. The Kier molecular flexibility index (Phi) is 5.07. The van der Waals surface area contributed by atoms with Gasteiger partial charge in [0, 0.05) is 42.5 Å². The van der Waals surface area contributed by atoms with E-state index in [4.69, 9.17) is 11.6 Å². The molecule has 4 rings (SSSR count). The number of nitrogens with one attached hydrogen (secondary N) is 1. The summed E-state index contributed by atoms with van der Waals surface area (Å²) in [5, 5.41) is 3.24. The molecule has 2 aliphatic rings. The summed E-state index contributed by atoms with van der Waals surface area (Å²) >= 11 is 5.90. The SMILES string of the molecule is CN1CCN(c2ccccc2C=C2NC(=O)N(c3ccc(Cl)cc3)C2=O)CC1. The Bertz CT molecular complexity index is 934. The molecule has 0 bridgehead atoms. The first-order valence-electron chi connectivity index (χ1n) is 9.18. The zero-order chi connectivity index (χ0) is 19.7. The van der Waals surface area contributed by atoms with Gasteiger partial charge in [0.1, 0.15) is 5.70 Å². The van der Waals surface area contributed by atoms with Crippen LogP contribution in [0, 0.1) is 0 Å². The normalized spacial score (nSPS) is 19.4. The van der Waals surface area contributed by atoms with E-state index in [-0.39, 0.29) is 11.6 Å². The molecule has 0 spiro atoms. The molecule has 6 nitrogen and oxygen atoms in total. The standard InChI is InChI=1S/C21H21ClN4O2/c1-24-10-12-25(13-11-24)19-5-3-2-4-15(19)14-18-20(27)26(21(28)23-18)17-8-6-16(22)7-9-17/h2-9,14H,10-13H2,1H3,(H,23,28). The molecule has 2 fully saturated rings. The van der Waals surface area contributed by atoms with Gasteiger partial charge in [-0.25, -0.2) is 9.69 Å². The highest BCUT2D eigenvalue weighted by atomic mass is 35.5. The summed E-state index contributed by atoms with van der Waals surface area (Å²) in [6.07, 6.45) is 1.75. The monoisotopic (exact) mass is 396 g/mol. The fourth-order valence-electron chi connectivity index (χ4n) is 3.46. The van der Waals surface area contributed by atoms with Crippen molar-refractivity contribution < 1.29 is 9.59 Å². The number of urea groups is 1. The van der Waals surface area contributed by atoms with E-state index in [1.165, 1.54) is 0 Å². The number of imide groups is 1. The van der Waals surface area contributed by atoms with Crippen molar-refractivity contribution in [2.45, 2.75) is 0 Å². The van der Waals surface area contributed by atoms with E-state index >= 15 is 0 Å². The largest absolute Gasteiger partial charge is 0.368 e. The van der Waals surface area contributed by atoms with Crippen LogP contribution in [-0.2, 0) is 4.79 Å². The fourth-order valence-corrected chi connectivity index (χ4v) is 3.59. The lowest BCUT2D eigenvalue weighted by Crippen LogP contribution is -2.44. The van der Waals surface area contributed by atoms with Crippen molar-refractivity contribution in [1.82, 2.24) is 10.2 Å². The first-order chi connectivity index (χ1) is 13.5. The van der Waals surface area contributed by atoms with Gasteiger partial charge in [-0.1, -0.05) is 29.8 Å². The lowest BCUT2D eigenvalue weighted by molar-refractivity contribution is -0.113. The summed E-state index contributed by atoms with van der Waals surface area (Å²) < 4.78 is 0. The van der Waals surface area contributed by atoms with E-state index in [1.807, 2.05) is 18.2 Å². The zero-order valence-corrected chi connectivity index (χ0v) is 16.3. The minimum Gasteiger partial charge on any atom is -0.368 e. The molecule has 1 N–H and O–H groups in total. The third-order valence-corrected chi connectivity index (χ3v) is 5.30. The van der Waals surface area contributed by atoms with E-state index in [0.29, 0.717) is 10.7 Å². The maximum absolute atomic E-state index is 12.9. The molecule has 0 aliphatic carbocycles. The molecule has 2 heterocycles. The molecule has 0 atom stereocenters. The highest BCUT2D eigenvalue weighted by Crippen LogP contribution is 2.27. The van der Waals surface area contributed by atoms with Crippen molar-refractivity contribution in [2.75, 3.05) is 43.0 Å². The van der Waals surface area contributed by atoms with Gasteiger partial charge in [0.2, 0.25) is 0 Å². The summed E-state index contributed by atoms with van der Waals surface area (Å²) in [6.45, 7) is 3.83. The predicted octanol–water partition coefficient (Wildman–Crippen LogP) is 3.19. The number of nitrogens with zero attached hydrogens (tertiary/aromatic N) is 3. The van der Waals surface area contributed by atoms with Crippen LogP contribution < -0.4 is 15.1 Å². The van der Waals surface area contributed by atoms with Gasteiger partial charge in [0.25, 0.3) is 5.91 Å². The molecular weight excluding hydrogens is 376 g/mol. The smallest absolute Gasteiger partial charge is 0.333 e. The van der Waals surface area contributed by atoms with Crippen molar-refractivity contribution >= 4 is 41.0 Å². The minimum absolute atomic E-state index is 0.265. The van der Waals surface area contributed by atoms with Crippen LogP contribution in [0.5, 0.6) is 0 Å². The highest BCUT2D eigenvalue weighted by Gasteiger charge is 2.35. The maximum atomic E-state index is 12.9. The summed E-state index contributed by atoms with van der Waals surface area (Å²) in [7, 11) is 2.11. The molecule has 2 aromatic carbocycles. The van der Waals surface area contributed by atoms with Crippen LogP contribution in [0.2, 0.25) is 5.02 Å². The van der Waals surface area contributed by atoms with Gasteiger partial charge in [-0.2, -0.15) is 0 Å². The van der Waals surface area contributed by atoms with Crippen LogP contribution in [0.25, 0.3) is 6.08 Å². The lowest BCUT2D eigenvalue weighted by Gasteiger charge is -2.34. The van der Waals surface area contributed by atoms with Crippen LogP contribution in [0.3, 0.4) is 0 Å². The number of carbonyl (C=O) groups excluding carboxylic acids is 2. The summed E-state index contributed by atoms with van der Waals surface area (Å²) in [4.78, 5) is 31.0. The minimum atomic E-state index is -0.462. The van der Waals surface area contributed by atoms with Gasteiger partial charge in [-0.3, -0.25) is 4.79 Å². The number of amides is 3. The number of benzene rings is 2. The second-order valence-corrected chi connectivity index (χ2v) is 7.39. The summed E-state index contributed by atoms with van der Waals surface area (Å²) in [5.74, 6) is -0.375. The molecule has 2 aliphatic heterocycles. The van der Waals surface area contributed by atoms with Crippen molar-refractivity contribution in [2.24, 2.45) is 0 Å².